The monoisotopic (exact) mass is 310 g/mol. The first-order valence-electron chi connectivity index (χ1n) is 8.22. The summed E-state index contributed by atoms with van der Waals surface area (Å²) in [6, 6.07) is 10.0. The van der Waals surface area contributed by atoms with Crippen molar-refractivity contribution in [3.05, 3.63) is 48.3 Å². The number of hydrogen-bond donors (Lipinski definition) is 1. The van der Waals surface area contributed by atoms with E-state index in [0.717, 1.165) is 25.5 Å². The number of nitrogens with zero attached hydrogens (tertiary/aromatic N) is 3. The molecule has 1 aromatic heterocycles. The van der Waals surface area contributed by atoms with Crippen LogP contribution < -0.4 is 10.2 Å². The number of piperidine rings is 1. The van der Waals surface area contributed by atoms with Gasteiger partial charge in [0.25, 0.3) is 0 Å². The van der Waals surface area contributed by atoms with Gasteiger partial charge in [0.05, 0.1) is 18.1 Å². The lowest BCUT2D eigenvalue weighted by Crippen LogP contribution is -2.30. The highest BCUT2D eigenvalue weighted by Crippen LogP contribution is 2.16. The Kier molecular flexibility index (Phi) is 5.19. The van der Waals surface area contributed by atoms with Gasteiger partial charge >= 0.3 is 0 Å². The van der Waals surface area contributed by atoms with Crippen LogP contribution in [-0.2, 0) is 11.2 Å². The smallest absolute Gasteiger partial charge is 0.225 e. The van der Waals surface area contributed by atoms with Gasteiger partial charge in [-0.1, -0.05) is 30.3 Å². The van der Waals surface area contributed by atoms with Crippen LogP contribution in [0, 0.1) is 0 Å². The Bertz CT molecular complexity index is 621. The zero-order valence-electron chi connectivity index (χ0n) is 13.2. The molecule has 0 saturated carbocycles. The number of hydrogen-bond acceptors (Lipinski definition) is 4. The molecule has 2 aromatic rings. The van der Waals surface area contributed by atoms with Gasteiger partial charge in [0, 0.05) is 19.5 Å². The van der Waals surface area contributed by atoms with Gasteiger partial charge in [-0.15, -0.1) is 0 Å². The molecule has 1 amide bonds. The van der Waals surface area contributed by atoms with Crippen LogP contribution in [0.2, 0.25) is 0 Å². The van der Waals surface area contributed by atoms with Crippen LogP contribution in [0.25, 0.3) is 0 Å². The highest BCUT2D eigenvalue weighted by atomic mass is 16.1. The van der Waals surface area contributed by atoms with E-state index in [1.807, 2.05) is 30.3 Å². The number of amides is 1. The molecule has 1 fully saturated rings. The maximum Gasteiger partial charge on any atom is 0.225 e. The number of rotatable bonds is 5. The Morgan fingerprint density at radius 1 is 1.04 bits per heavy atom. The summed E-state index contributed by atoms with van der Waals surface area (Å²) in [4.78, 5) is 22.9. The van der Waals surface area contributed by atoms with E-state index >= 15 is 0 Å². The largest absolute Gasteiger partial charge is 0.341 e. The van der Waals surface area contributed by atoms with E-state index in [0.29, 0.717) is 12.1 Å². The van der Waals surface area contributed by atoms with E-state index in [9.17, 15) is 4.79 Å². The van der Waals surface area contributed by atoms with E-state index in [4.69, 9.17) is 0 Å². The zero-order chi connectivity index (χ0) is 15.9. The third-order valence-electron chi connectivity index (χ3n) is 4.04. The molecule has 1 aliphatic heterocycles. The molecule has 120 valence electrons. The lowest BCUT2D eigenvalue weighted by molar-refractivity contribution is -0.116. The number of aromatic nitrogens is 2. The molecule has 5 nitrogen and oxygen atoms in total. The number of aryl methyl sites for hydroxylation is 1. The maximum absolute atomic E-state index is 12.0. The number of carbonyl (C=O) groups is 1. The quantitative estimate of drug-likeness (QED) is 0.922. The van der Waals surface area contributed by atoms with Crippen molar-refractivity contribution >= 4 is 17.5 Å². The van der Waals surface area contributed by atoms with Crippen molar-refractivity contribution in [1.29, 1.82) is 0 Å². The fourth-order valence-corrected chi connectivity index (χ4v) is 2.77. The Hall–Kier alpha value is -2.43. The van der Waals surface area contributed by atoms with E-state index < -0.39 is 0 Å². The van der Waals surface area contributed by atoms with Crippen molar-refractivity contribution in [2.24, 2.45) is 0 Å². The predicted octanol–water partition coefficient (Wildman–Crippen LogP) is 3.04. The second-order valence-corrected chi connectivity index (χ2v) is 5.85. The van der Waals surface area contributed by atoms with Gasteiger partial charge in [-0.3, -0.25) is 4.79 Å². The second-order valence-electron chi connectivity index (χ2n) is 5.85. The first-order chi connectivity index (χ1) is 11.3. The molecule has 0 atom stereocenters. The van der Waals surface area contributed by atoms with Crippen molar-refractivity contribution in [3.63, 3.8) is 0 Å². The molecule has 3 rings (SSSR count). The van der Waals surface area contributed by atoms with Crippen molar-refractivity contribution in [2.45, 2.75) is 32.1 Å². The summed E-state index contributed by atoms with van der Waals surface area (Å²) >= 11 is 0. The molecule has 1 aromatic carbocycles. The Morgan fingerprint density at radius 3 is 2.43 bits per heavy atom. The van der Waals surface area contributed by atoms with Crippen molar-refractivity contribution < 1.29 is 4.79 Å². The summed E-state index contributed by atoms with van der Waals surface area (Å²) in [5, 5.41) is 2.86. The lowest BCUT2D eigenvalue weighted by Gasteiger charge is -2.26. The number of benzene rings is 1. The van der Waals surface area contributed by atoms with Gasteiger partial charge in [-0.25, -0.2) is 9.97 Å². The first kappa shape index (κ1) is 15.5. The standard InChI is InChI=1S/C18H22N4O/c23-17(10-9-15-7-3-1-4-8-15)21-16-13-19-18(20-14-16)22-11-5-2-6-12-22/h1,3-4,7-8,13-14H,2,5-6,9-12H2,(H,21,23). The van der Waals surface area contributed by atoms with Crippen molar-refractivity contribution in [3.8, 4) is 0 Å². The average molecular weight is 310 g/mol. The Balaban J connectivity index is 1.50. The first-order valence-corrected chi connectivity index (χ1v) is 8.22. The molecule has 0 unspecified atom stereocenters. The van der Waals surface area contributed by atoms with Crippen LogP contribution in [0.4, 0.5) is 11.6 Å². The van der Waals surface area contributed by atoms with E-state index in [1.165, 1.54) is 24.8 Å². The Morgan fingerprint density at radius 2 is 1.74 bits per heavy atom. The molecule has 0 radical (unpaired) electrons. The molecule has 5 heteroatoms. The normalized spacial score (nSPS) is 14.5. The van der Waals surface area contributed by atoms with E-state index in [1.54, 1.807) is 12.4 Å². The molecule has 1 N–H and O–H groups in total. The van der Waals surface area contributed by atoms with Gasteiger partial charge in [0.1, 0.15) is 0 Å². The topological polar surface area (TPSA) is 58.1 Å². The summed E-state index contributed by atoms with van der Waals surface area (Å²) in [6.45, 7) is 2.03. The molecular formula is C18H22N4O. The fraction of sp³-hybridized carbons (Fsp3) is 0.389. The minimum absolute atomic E-state index is 0.0109. The predicted molar refractivity (Wildman–Crippen MR) is 91.5 cm³/mol. The fourth-order valence-electron chi connectivity index (χ4n) is 2.77. The van der Waals surface area contributed by atoms with Crippen LogP contribution in [-0.4, -0.2) is 29.0 Å². The third-order valence-corrected chi connectivity index (χ3v) is 4.04. The summed E-state index contributed by atoms with van der Waals surface area (Å²) < 4.78 is 0. The molecule has 2 heterocycles. The van der Waals surface area contributed by atoms with Gasteiger partial charge in [-0.05, 0) is 31.2 Å². The number of anilines is 2. The summed E-state index contributed by atoms with van der Waals surface area (Å²) in [6.07, 6.45) is 8.25. The number of nitrogens with one attached hydrogen (secondary N) is 1. The molecule has 1 saturated heterocycles. The van der Waals surface area contributed by atoms with Gasteiger partial charge < -0.3 is 10.2 Å². The highest BCUT2D eigenvalue weighted by molar-refractivity contribution is 5.90. The van der Waals surface area contributed by atoms with Crippen LogP contribution >= 0.6 is 0 Å². The van der Waals surface area contributed by atoms with Crippen LogP contribution in [0.5, 0.6) is 0 Å². The molecule has 0 spiro atoms. The summed E-state index contributed by atoms with van der Waals surface area (Å²) in [5.41, 5.74) is 1.82. The van der Waals surface area contributed by atoms with Crippen molar-refractivity contribution in [1.82, 2.24) is 9.97 Å². The minimum Gasteiger partial charge on any atom is -0.341 e. The van der Waals surface area contributed by atoms with Crippen LogP contribution in [0.15, 0.2) is 42.7 Å². The van der Waals surface area contributed by atoms with E-state index in [-0.39, 0.29) is 5.91 Å². The molecule has 0 aliphatic carbocycles. The molecular weight excluding hydrogens is 288 g/mol. The molecule has 1 aliphatic rings. The number of carbonyl (C=O) groups excluding carboxylic acids is 1. The van der Waals surface area contributed by atoms with Crippen molar-refractivity contribution in [2.75, 3.05) is 23.3 Å². The third kappa shape index (κ3) is 4.52. The lowest BCUT2D eigenvalue weighted by atomic mass is 10.1. The zero-order valence-corrected chi connectivity index (χ0v) is 13.2. The SMILES string of the molecule is O=C(CCc1ccccc1)Nc1cnc(N2CCCCC2)nc1. The average Bonchev–Trinajstić information content (AvgIpc) is 2.62. The Labute approximate surface area is 136 Å². The highest BCUT2D eigenvalue weighted by Gasteiger charge is 2.13. The van der Waals surface area contributed by atoms with Gasteiger partial charge in [0.2, 0.25) is 11.9 Å². The minimum atomic E-state index is -0.0109. The van der Waals surface area contributed by atoms with Crippen LogP contribution in [0.1, 0.15) is 31.2 Å². The molecule has 23 heavy (non-hydrogen) atoms. The molecule has 0 bridgehead atoms. The maximum atomic E-state index is 12.0. The van der Waals surface area contributed by atoms with Gasteiger partial charge in [-0.2, -0.15) is 0 Å². The van der Waals surface area contributed by atoms with Crippen LogP contribution in [0.3, 0.4) is 0 Å². The van der Waals surface area contributed by atoms with E-state index in [2.05, 4.69) is 20.2 Å². The summed E-state index contributed by atoms with van der Waals surface area (Å²) in [5.74, 6) is 0.746. The summed E-state index contributed by atoms with van der Waals surface area (Å²) in [7, 11) is 0. The second kappa shape index (κ2) is 7.72. The van der Waals surface area contributed by atoms with Gasteiger partial charge in [0.15, 0.2) is 0 Å².